The van der Waals surface area contributed by atoms with Gasteiger partial charge in [0.2, 0.25) is 5.91 Å². The molecule has 80 valence electrons. The van der Waals surface area contributed by atoms with Gasteiger partial charge in [-0.3, -0.25) is 4.79 Å². The second-order valence-corrected chi connectivity index (χ2v) is 5.11. The number of carbonyl (C=O) groups excluding carboxylic acids is 1. The third kappa shape index (κ3) is 2.23. The SMILES string of the molecule is CC(=O)N[C@@H]1c2ccccc2CC[C@H]1Br. The first-order chi connectivity index (χ1) is 7.18. The van der Waals surface area contributed by atoms with Crippen molar-refractivity contribution in [1.82, 2.24) is 5.32 Å². The maximum Gasteiger partial charge on any atom is 0.217 e. The summed E-state index contributed by atoms with van der Waals surface area (Å²) in [7, 11) is 0. The molecule has 0 bridgehead atoms. The minimum absolute atomic E-state index is 0.0288. The number of amides is 1. The Labute approximate surface area is 98.2 Å². The van der Waals surface area contributed by atoms with Gasteiger partial charge in [0.25, 0.3) is 0 Å². The standard InChI is InChI=1S/C12H14BrNO/c1-8(15)14-12-10-5-3-2-4-9(10)6-7-11(12)13/h2-5,11-12H,6-7H2,1H3,(H,14,15)/t11-,12-/m1/s1. The molecule has 1 aromatic carbocycles. The van der Waals surface area contributed by atoms with E-state index in [1.165, 1.54) is 11.1 Å². The Morgan fingerprint density at radius 3 is 2.93 bits per heavy atom. The van der Waals surface area contributed by atoms with Crippen LogP contribution in [0.2, 0.25) is 0 Å². The Morgan fingerprint density at radius 2 is 2.20 bits per heavy atom. The van der Waals surface area contributed by atoms with Crippen LogP contribution >= 0.6 is 15.9 Å². The van der Waals surface area contributed by atoms with Gasteiger partial charge in [-0.15, -0.1) is 0 Å². The minimum Gasteiger partial charge on any atom is -0.348 e. The largest absolute Gasteiger partial charge is 0.348 e. The van der Waals surface area contributed by atoms with E-state index in [4.69, 9.17) is 0 Å². The molecule has 2 atom stereocenters. The lowest BCUT2D eigenvalue weighted by atomic mass is 9.87. The molecule has 1 aliphatic rings. The van der Waals surface area contributed by atoms with Crippen molar-refractivity contribution in [3.8, 4) is 0 Å². The molecular weight excluding hydrogens is 254 g/mol. The van der Waals surface area contributed by atoms with Gasteiger partial charge < -0.3 is 5.32 Å². The van der Waals surface area contributed by atoms with Gasteiger partial charge in [-0.2, -0.15) is 0 Å². The molecule has 0 unspecified atom stereocenters. The normalized spacial score (nSPS) is 24.4. The highest BCUT2D eigenvalue weighted by Gasteiger charge is 2.27. The zero-order valence-electron chi connectivity index (χ0n) is 8.66. The average molecular weight is 268 g/mol. The van der Waals surface area contributed by atoms with Crippen LogP contribution in [-0.4, -0.2) is 10.7 Å². The maximum atomic E-state index is 11.1. The molecule has 0 fully saturated rings. The van der Waals surface area contributed by atoms with E-state index in [0.717, 1.165) is 12.8 Å². The van der Waals surface area contributed by atoms with Crippen molar-refractivity contribution in [2.45, 2.75) is 30.6 Å². The van der Waals surface area contributed by atoms with Crippen LogP contribution in [0.15, 0.2) is 24.3 Å². The van der Waals surface area contributed by atoms with Crippen LogP contribution in [0.1, 0.15) is 30.5 Å². The van der Waals surface area contributed by atoms with Gasteiger partial charge in [-0.25, -0.2) is 0 Å². The van der Waals surface area contributed by atoms with Gasteiger partial charge >= 0.3 is 0 Å². The van der Waals surface area contributed by atoms with E-state index in [0.29, 0.717) is 4.83 Å². The highest BCUT2D eigenvalue weighted by molar-refractivity contribution is 9.09. The molecule has 0 heterocycles. The zero-order valence-corrected chi connectivity index (χ0v) is 10.3. The molecule has 2 rings (SSSR count). The summed E-state index contributed by atoms with van der Waals surface area (Å²) in [5, 5.41) is 3.00. The van der Waals surface area contributed by atoms with Crippen LogP contribution in [0.25, 0.3) is 0 Å². The van der Waals surface area contributed by atoms with E-state index >= 15 is 0 Å². The molecule has 15 heavy (non-hydrogen) atoms. The molecule has 3 heteroatoms. The highest BCUT2D eigenvalue weighted by atomic mass is 79.9. The fraction of sp³-hybridized carbons (Fsp3) is 0.417. The number of fused-ring (bicyclic) bond motifs is 1. The van der Waals surface area contributed by atoms with Crippen LogP contribution in [-0.2, 0) is 11.2 Å². The number of hydrogen-bond acceptors (Lipinski definition) is 1. The summed E-state index contributed by atoms with van der Waals surface area (Å²) in [5.74, 6) is 0.0288. The summed E-state index contributed by atoms with van der Waals surface area (Å²) in [5.41, 5.74) is 2.60. The molecule has 0 aromatic heterocycles. The van der Waals surface area contributed by atoms with Crippen molar-refractivity contribution >= 4 is 21.8 Å². The molecule has 0 radical (unpaired) electrons. The number of alkyl halides is 1. The first-order valence-corrected chi connectivity index (χ1v) is 6.09. The first-order valence-electron chi connectivity index (χ1n) is 5.17. The third-order valence-electron chi connectivity index (χ3n) is 2.80. The average Bonchev–Trinajstić information content (AvgIpc) is 2.22. The van der Waals surface area contributed by atoms with Crippen molar-refractivity contribution < 1.29 is 4.79 Å². The van der Waals surface area contributed by atoms with Crippen LogP contribution in [0.5, 0.6) is 0 Å². The van der Waals surface area contributed by atoms with Gasteiger partial charge in [0.15, 0.2) is 0 Å². The summed E-state index contributed by atoms with van der Waals surface area (Å²) >= 11 is 3.64. The molecule has 0 aliphatic heterocycles. The number of benzene rings is 1. The summed E-state index contributed by atoms with van der Waals surface area (Å²) in [4.78, 5) is 11.5. The van der Waals surface area contributed by atoms with Crippen molar-refractivity contribution in [2.24, 2.45) is 0 Å². The van der Waals surface area contributed by atoms with E-state index in [9.17, 15) is 4.79 Å². The van der Waals surface area contributed by atoms with Crippen molar-refractivity contribution in [2.75, 3.05) is 0 Å². The predicted octanol–water partition coefficient (Wildman–Crippen LogP) is 2.57. The van der Waals surface area contributed by atoms with Crippen molar-refractivity contribution in [3.05, 3.63) is 35.4 Å². The summed E-state index contributed by atoms with van der Waals surface area (Å²) in [6.45, 7) is 1.57. The number of aryl methyl sites for hydroxylation is 1. The minimum atomic E-state index is 0.0288. The Balaban J connectivity index is 2.32. The third-order valence-corrected chi connectivity index (χ3v) is 3.79. The van der Waals surface area contributed by atoms with Crippen molar-refractivity contribution in [1.29, 1.82) is 0 Å². The predicted molar refractivity (Wildman–Crippen MR) is 64.0 cm³/mol. The highest BCUT2D eigenvalue weighted by Crippen LogP contribution is 2.33. The van der Waals surface area contributed by atoms with Gasteiger partial charge in [0, 0.05) is 11.8 Å². The second kappa shape index (κ2) is 4.35. The van der Waals surface area contributed by atoms with E-state index in [1.54, 1.807) is 6.92 Å². The molecule has 1 N–H and O–H groups in total. The summed E-state index contributed by atoms with van der Waals surface area (Å²) < 4.78 is 0. The molecule has 0 saturated heterocycles. The van der Waals surface area contributed by atoms with E-state index < -0.39 is 0 Å². The smallest absolute Gasteiger partial charge is 0.217 e. The Morgan fingerprint density at radius 1 is 1.47 bits per heavy atom. The molecule has 0 spiro atoms. The number of halogens is 1. The maximum absolute atomic E-state index is 11.1. The van der Waals surface area contributed by atoms with E-state index in [2.05, 4.69) is 39.4 Å². The molecular formula is C12H14BrNO. The lowest BCUT2D eigenvalue weighted by Crippen LogP contribution is -2.35. The molecule has 1 aromatic rings. The number of hydrogen-bond donors (Lipinski definition) is 1. The lowest BCUT2D eigenvalue weighted by Gasteiger charge is -2.30. The van der Waals surface area contributed by atoms with Crippen molar-refractivity contribution in [3.63, 3.8) is 0 Å². The van der Waals surface area contributed by atoms with Crippen LogP contribution < -0.4 is 5.32 Å². The second-order valence-electron chi connectivity index (χ2n) is 3.93. The van der Waals surface area contributed by atoms with Crippen LogP contribution in [0, 0.1) is 0 Å². The van der Waals surface area contributed by atoms with Gasteiger partial charge in [-0.05, 0) is 24.0 Å². The molecule has 1 aliphatic carbocycles. The Kier molecular flexibility index (Phi) is 3.10. The summed E-state index contributed by atoms with van der Waals surface area (Å²) in [6, 6.07) is 8.44. The number of nitrogens with one attached hydrogen (secondary N) is 1. The first kappa shape index (κ1) is 10.7. The molecule has 2 nitrogen and oxygen atoms in total. The van der Waals surface area contributed by atoms with Gasteiger partial charge in [0.1, 0.15) is 0 Å². The fourth-order valence-corrected chi connectivity index (χ4v) is 2.75. The Bertz CT molecular complexity index is 378. The Hall–Kier alpha value is -0.830. The quantitative estimate of drug-likeness (QED) is 0.779. The van der Waals surface area contributed by atoms with Crippen LogP contribution in [0.4, 0.5) is 0 Å². The number of carbonyl (C=O) groups is 1. The topological polar surface area (TPSA) is 29.1 Å². The van der Waals surface area contributed by atoms with E-state index in [-0.39, 0.29) is 11.9 Å². The monoisotopic (exact) mass is 267 g/mol. The molecule has 1 amide bonds. The van der Waals surface area contributed by atoms with E-state index in [1.807, 2.05) is 6.07 Å². The number of rotatable bonds is 1. The summed E-state index contributed by atoms with van der Waals surface area (Å²) in [6.07, 6.45) is 2.16. The van der Waals surface area contributed by atoms with Crippen LogP contribution in [0.3, 0.4) is 0 Å². The fourth-order valence-electron chi connectivity index (χ4n) is 2.11. The van der Waals surface area contributed by atoms with Gasteiger partial charge in [-0.1, -0.05) is 40.2 Å². The van der Waals surface area contributed by atoms with Gasteiger partial charge in [0.05, 0.1) is 6.04 Å². The lowest BCUT2D eigenvalue weighted by molar-refractivity contribution is -0.119. The molecule has 0 saturated carbocycles. The zero-order chi connectivity index (χ0) is 10.8.